The number of rotatable bonds is 3. The second kappa shape index (κ2) is 5.76. The van der Waals surface area contributed by atoms with Crippen molar-refractivity contribution in [3.63, 3.8) is 0 Å². The molecule has 0 radical (unpaired) electrons. The minimum absolute atomic E-state index is 0.165. The summed E-state index contributed by atoms with van der Waals surface area (Å²) < 4.78 is 0.878. The van der Waals surface area contributed by atoms with Crippen LogP contribution in [0.3, 0.4) is 0 Å². The number of carbonyl (C=O) groups excluding carboxylic acids is 1. The van der Waals surface area contributed by atoms with Gasteiger partial charge in [0.15, 0.2) is 0 Å². The Bertz CT molecular complexity index is 676. The van der Waals surface area contributed by atoms with Gasteiger partial charge in [0.1, 0.15) is 5.00 Å². The maximum Gasteiger partial charge on any atom is 0.338 e. The molecule has 2 rings (SSSR count). The highest BCUT2D eigenvalue weighted by atomic mass is 79.9. The first-order chi connectivity index (χ1) is 9.40. The molecular weight excluding hydrogens is 342 g/mol. The average Bonchev–Trinajstić information content (AvgIpc) is 2.65. The lowest BCUT2D eigenvalue weighted by molar-refractivity contribution is 0.0697. The smallest absolute Gasteiger partial charge is 0.338 e. The number of anilines is 1. The van der Waals surface area contributed by atoms with Crippen molar-refractivity contribution in [3.8, 4) is 0 Å². The molecule has 0 fully saturated rings. The third-order valence-corrected chi connectivity index (χ3v) is 4.58. The van der Waals surface area contributed by atoms with E-state index in [1.165, 1.54) is 11.3 Å². The molecule has 0 aliphatic carbocycles. The molecule has 20 heavy (non-hydrogen) atoms. The van der Waals surface area contributed by atoms with Gasteiger partial charge in [-0.2, -0.15) is 0 Å². The van der Waals surface area contributed by atoms with Crippen LogP contribution in [0.4, 0.5) is 5.00 Å². The van der Waals surface area contributed by atoms with E-state index >= 15 is 0 Å². The van der Waals surface area contributed by atoms with Crippen molar-refractivity contribution >= 4 is 44.1 Å². The summed E-state index contributed by atoms with van der Waals surface area (Å²) in [5.74, 6) is -1.35. The zero-order valence-corrected chi connectivity index (χ0v) is 13.3. The fraction of sp³-hybridized carbons (Fsp3) is 0.143. The zero-order chi connectivity index (χ0) is 14.9. The number of hydrogen-bond donors (Lipinski definition) is 2. The first kappa shape index (κ1) is 14.7. The first-order valence-corrected chi connectivity index (χ1v) is 7.41. The number of carboxylic acids is 1. The SMILES string of the molecule is Cc1sc(NC(=O)c2ccc(Br)cc2)c(C(=O)O)c1C. The van der Waals surface area contributed by atoms with E-state index in [4.69, 9.17) is 0 Å². The van der Waals surface area contributed by atoms with Gasteiger partial charge in [0.2, 0.25) is 0 Å². The van der Waals surface area contributed by atoms with Crippen LogP contribution in [-0.4, -0.2) is 17.0 Å². The molecule has 0 aliphatic heterocycles. The van der Waals surface area contributed by atoms with Crippen molar-refractivity contribution in [1.29, 1.82) is 0 Å². The Morgan fingerprint density at radius 3 is 2.35 bits per heavy atom. The quantitative estimate of drug-likeness (QED) is 0.873. The summed E-state index contributed by atoms with van der Waals surface area (Å²) >= 11 is 4.57. The molecule has 0 saturated heterocycles. The molecule has 1 aromatic carbocycles. The van der Waals surface area contributed by atoms with Crippen LogP contribution in [0.1, 0.15) is 31.2 Å². The Balaban J connectivity index is 2.30. The molecule has 4 nitrogen and oxygen atoms in total. The molecule has 2 aromatic rings. The lowest BCUT2D eigenvalue weighted by Gasteiger charge is -2.04. The molecule has 1 heterocycles. The van der Waals surface area contributed by atoms with E-state index in [9.17, 15) is 14.7 Å². The largest absolute Gasteiger partial charge is 0.478 e. The standard InChI is InChI=1S/C14H12BrNO3S/c1-7-8(2)20-13(11(7)14(18)19)16-12(17)9-3-5-10(15)6-4-9/h3-6H,1-2H3,(H,16,17)(H,18,19). The number of nitrogens with one attached hydrogen (secondary N) is 1. The van der Waals surface area contributed by atoms with Crippen LogP contribution in [0.2, 0.25) is 0 Å². The van der Waals surface area contributed by atoms with Crippen molar-refractivity contribution in [2.75, 3.05) is 5.32 Å². The number of benzene rings is 1. The van der Waals surface area contributed by atoms with Gasteiger partial charge in [-0.25, -0.2) is 4.79 Å². The van der Waals surface area contributed by atoms with Gasteiger partial charge in [-0.05, 0) is 43.7 Å². The number of thiophene rings is 1. The Morgan fingerprint density at radius 1 is 1.20 bits per heavy atom. The fourth-order valence-corrected chi connectivity index (χ4v) is 3.06. The maximum atomic E-state index is 12.1. The summed E-state index contributed by atoms with van der Waals surface area (Å²) in [6, 6.07) is 6.87. The summed E-state index contributed by atoms with van der Waals surface area (Å²) in [6.07, 6.45) is 0. The Kier molecular flexibility index (Phi) is 4.25. The number of carboxylic acid groups (broad SMARTS) is 1. The number of aromatic carboxylic acids is 1. The second-order valence-electron chi connectivity index (χ2n) is 4.25. The van der Waals surface area contributed by atoms with E-state index in [1.807, 2.05) is 6.92 Å². The predicted molar refractivity (Wildman–Crippen MR) is 82.8 cm³/mol. The Labute approximate surface area is 128 Å². The molecule has 6 heteroatoms. The molecular formula is C14H12BrNO3S. The van der Waals surface area contributed by atoms with Crippen molar-refractivity contribution in [1.82, 2.24) is 0 Å². The minimum Gasteiger partial charge on any atom is -0.478 e. The summed E-state index contributed by atoms with van der Waals surface area (Å²) in [5.41, 5.74) is 1.33. The van der Waals surface area contributed by atoms with E-state index in [-0.39, 0.29) is 11.5 Å². The lowest BCUT2D eigenvalue weighted by atomic mass is 10.1. The highest BCUT2D eigenvalue weighted by Gasteiger charge is 2.20. The van der Waals surface area contributed by atoms with Crippen LogP contribution in [0, 0.1) is 13.8 Å². The van der Waals surface area contributed by atoms with Crippen LogP contribution in [0.25, 0.3) is 0 Å². The first-order valence-electron chi connectivity index (χ1n) is 5.80. The van der Waals surface area contributed by atoms with E-state index in [0.29, 0.717) is 16.1 Å². The average molecular weight is 354 g/mol. The molecule has 1 amide bonds. The minimum atomic E-state index is -1.03. The van der Waals surface area contributed by atoms with Crippen LogP contribution < -0.4 is 5.32 Å². The van der Waals surface area contributed by atoms with Crippen molar-refractivity contribution in [2.45, 2.75) is 13.8 Å². The summed E-state index contributed by atoms with van der Waals surface area (Å²) in [5, 5.41) is 12.3. The molecule has 0 unspecified atom stereocenters. The maximum absolute atomic E-state index is 12.1. The summed E-state index contributed by atoms with van der Waals surface area (Å²) in [7, 11) is 0. The predicted octanol–water partition coefficient (Wildman–Crippen LogP) is 4.08. The number of aryl methyl sites for hydroxylation is 1. The van der Waals surface area contributed by atoms with Crippen molar-refractivity contribution in [2.24, 2.45) is 0 Å². The molecule has 104 valence electrons. The van der Waals surface area contributed by atoms with E-state index in [1.54, 1.807) is 31.2 Å². The highest BCUT2D eigenvalue weighted by molar-refractivity contribution is 9.10. The van der Waals surface area contributed by atoms with Crippen LogP contribution in [-0.2, 0) is 0 Å². The molecule has 0 bridgehead atoms. The normalized spacial score (nSPS) is 10.3. The zero-order valence-electron chi connectivity index (χ0n) is 10.9. The van der Waals surface area contributed by atoms with E-state index < -0.39 is 5.97 Å². The molecule has 2 N–H and O–H groups in total. The van der Waals surface area contributed by atoms with E-state index in [0.717, 1.165) is 9.35 Å². The summed E-state index contributed by atoms with van der Waals surface area (Å²) in [4.78, 5) is 24.3. The molecule has 0 spiro atoms. The Morgan fingerprint density at radius 2 is 1.80 bits per heavy atom. The molecule has 0 saturated carbocycles. The van der Waals surface area contributed by atoms with Crippen LogP contribution >= 0.6 is 27.3 Å². The van der Waals surface area contributed by atoms with Gasteiger partial charge in [0.25, 0.3) is 5.91 Å². The molecule has 0 atom stereocenters. The van der Waals surface area contributed by atoms with Crippen molar-refractivity contribution in [3.05, 3.63) is 50.3 Å². The van der Waals surface area contributed by atoms with Gasteiger partial charge in [0.05, 0.1) is 5.56 Å². The molecule has 0 aliphatic rings. The van der Waals surface area contributed by atoms with Crippen LogP contribution in [0.15, 0.2) is 28.7 Å². The number of hydrogen-bond acceptors (Lipinski definition) is 3. The highest BCUT2D eigenvalue weighted by Crippen LogP contribution is 2.32. The molecule has 1 aromatic heterocycles. The number of carbonyl (C=O) groups is 2. The van der Waals surface area contributed by atoms with Crippen molar-refractivity contribution < 1.29 is 14.7 Å². The third kappa shape index (κ3) is 2.91. The second-order valence-corrected chi connectivity index (χ2v) is 6.39. The Hall–Kier alpha value is -1.66. The van der Waals surface area contributed by atoms with Gasteiger partial charge in [-0.15, -0.1) is 11.3 Å². The number of halogens is 1. The third-order valence-electron chi connectivity index (χ3n) is 2.93. The van der Waals surface area contributed by atoms with Gasteiger partial charge in [0, 0.05) is 14.9 Å². The van der Waals surface area contributed by atoms with Gasteiger partial charge in [-0.3, -0.25) is 4.79 Å². The fourth-order valence-electron chi connectivity index (χ4n) is 1.75. The van der Waals surface area contributed by atoms with E-state index in [2.05, 4.69) is 21.2 Å². The monoisotopic (exact) mass is 353 g/mol. The lowest BCUT2D eigenvalue weighted by Crippen LogP contribution is -2.13. The van der Waals surface area contributed by atoms with Crippen LogP contribution in [0.5, 0.6) is 0 Å². The van der Waals surface area contributed by atoms with Gasteiger partial charge < -0.3 is 10.4 Å². The van der Waals surface area contributed by atoms with Gasteiger partial charge >= 0.3 is 5.97 Å². The number of amides is 1. The van der Waals surface area contributed by atoms with Gasteiger partial charge in [-0.1, -0.05) is 15.9 Å². The summed E-state index contributed by atoms with van der Waals surface area (Å²) in [6.45, 7) is 3.58. The topological polar surface area (TPSA) is 66.4 Å².